The highest BCUT2D eigenvalue weighted by molar-refractivity contribution is 5.46. The van der Waals surface area contributed by atoms with Crippen molar-refractivity contribution in [1.82, 2.24) is 0 Å². The molecule has 86 valence electrons. The molecule has 1 aromatic carbocycles. The molecule has 5 heteroatoms. The summed E-state index contributed by atoms with van der Waals surface area (Å²) in [6.07, 6.45) is -4.18. The first-order valence-corrected chi connectivity index (χ1v) is 4.76. The number of hydrogen-bond acceptors (Lipinski definition) is 2. The van der Waals surface area contributed by atoms with Gasteiger partial charge in [-0.3, -0.25) is 0 Å². The maximum Gasteiger partial charge on any atom is 0.405 e. The van der Waals surface area contributed by atoms with E-state index >= 15 is 0 Å². The van der Waals surface area contributed by atoms with E-state index < -0.39 is 12.7 Å². The minimum absolute atomic E-state index is 0.0744. The van der Waals surface area contributed by atoms with Crippen LogP contribution in [0.4, 0.5) is 18.9 Å². The highest BCUT2D eigenvalue weighted by Crippen LogP contribution is 2.21. The third-order valence-electron chi connectivity index (χ3n) is 1.99. The molecule has 1 rings (SSSR count). The summed E-state index contributed by atoms with van der Waals surface area (Å²) in [4.78, 5) is 1.16. The van der Waals surface area contributed by atoms with Crippen LogP contribution in [0, 0.1) is 11.3 Å². The van der Waals surface area contributed by atoms with Gasteiger partial charge < -0.3 is 4.90 Å². The van der Waals surface area contributed by atoms with E-state index in [1.807, 2.05) is 6.07 Å². The first-order chi connectivity index (χ1) is 7.53. The topological polar surface area (TPSA) is 27.0 Å². The van der Waals surface area contributed by atoms with Gasteiger partial charge in [0.05, 0.1) is 12.5 Å². The summed E-state index contributed by atoms with van der Waals surface area (Å²) in [5.74, 6) is 0. The predicted octanol–water partition coefficient (Wildman–Crippen LogP) is 2.97. The van der Waals surface area contributed by atoms with E-state index in [0.29, 0.717) is 5.69 Å². The second-order valence-electron chi connectivity index (χ2n) is 3.28. The summed E-state index contributed by atoms with van der Waals surface area (Å²) >= 11 is 0. The van der Waals surface area contributed by atoms with Gasteiger partial charge in [-0.15, -0.1) is 0 Å². The van der Waals surface area contributed by atoms with Gasteiger partial charge in [0.15, 0.2) is 0 Å². The zero-order chi connectivity index (χ0) is 12.0. The van der Waals surface area contributed by atoms with Crippen LogP contribution in [0.25, 0.3) is 0 Å². The monoisotopic (exact) mass is 228 g/mol. The van der Waals surface area contributed by atoms with Crippen LogP contribution in [0.1, 0.15) is 6.42 Å². The van der Waals surface area contributed by atoms with Gasteiger partial charge in [-0.2, -0.15) is 18.4 Å². The Labute approximate surface area is 91.9 Å². The average Bonchev–Trinajstić information content (AvgIpc) is 2.24. The van der Waals surface area contributed by atoms with Crippen LogP contribution in [-0.4, -0.2) is 19.3 Å². The van der Waals surface area contributed by atoms with Gasteiger partial charge >= 0.3 is 6.18 Å². The third-order valence-corrected chi connectivity index (χ3v) is 1.99. The highest BCUT2D eigenvalue weighted by Gasteiger charge is 2.30. The molecule has 0 heterocycles. The first kappa shape index (κ1) is 12.4. The van der Waals surface area contributed by atoms with Crippen molar-refractivity contribution in [3.05, 3.63) is 30.3 Å². The molecule has 0 bridgehead atoms. The number of para-hydroxylation sites is 1. The molecule has 0 N–H and O–H groups in total. The second kappa shape index (κ2) is 5.40. The summed E-state index contributed by atoms with van der Waals surface area (Å²) in [6, 6.07) is 10.1. The van der Waals surface area contributed by atoms with E-state index in [-0.39, 0.29) is 13.0 Å². The average molecular weight is 228 g/mol. The fourth-order valence-corrected chi connectivity index (χ4v) is 1.34. The largest absolute Gasteiger partial charge is 0.405 e. The van der Waals surface area contributed by atoms with Crippen LogP contribution in [0.5, 0.6) is 0 Å². The molecule has 0 amide bonds. The number of nitrogens with zero attached hydrogens (tertiary/aromatic N) is 2. The minimum atomic E-state index is -4.26. The van der Waals surface area contributed by atoms with Crippen molar-refractivity contribution in [1.29, 1.82) is 5.26 Å². The summed E-state index contributed by atoms with van der Waals surface area (Å²) in [5.41, 5.74) is 0.482. The molecule has 16 heavy (non-hydrogen) atoms. The van der Waals surface area contributed by atoms with Crippen molar-refractivity contribution in [3.8, 4) is 6.07 Å². The molecular weight excluding hydrogens is 217 g/mol. The SMILES string of the molecule is N#CCCN(CC(F)(F)F)c1ccccc1. The zero-order valence-electron chi connectivity index (χ0n) is 8.54. The molecule has 0 saturated heterocycles. The fourth-order valence-electron chi connectivity index (χ4n) is 1.34. The number of nitriles is 1. The van der Waals surface area contributed by atoms with Crippen LogP contribution in [0.15, 0.2) is 30.3 Å². The standard InChI is InChI=1S/C11H11F3N2/c12-11(13,14)9-16(8-4-7-15)10-5-2-1-3-6-10/h1-3,5-6H,4,8-9H2. The van der Waals surface area contributed by atoms with Crippen molar-refractivity contribution in [3.63, 3.8) is 0 Å². The minimum Gasteiger partial charge on any atom is -0.362 e. The van der Waals surface area contributed by atoms with Crippen molar-refractivity contribution in [2.75, 3.05) is 18.0 Å². The lowest BCUT2D eigenvalue weighted by atomic mass is 10.2. The number of rotatable bonds is 4. The van der Waals surface area contributed by atoms with Gasteiger partial charge in [-0.25, -0.2) is 0 Å². The van der Waals surface area contributed by atoms with Gasteiger partial charge in [0.1, 0.15) is 6.54 Å². The van der Waals surface area contributed by atoms with Gasteiger partial charge in [0.2, 0.25) is 0 Å². The highest BCUT2D eigenvalue weighted by atomic mass is 19.4. The van der Waals surface area contributed by atoms with E-state index in [1.54, 1.807) is 30.3 Å². The van der Waals surface area contributed by atoms with Crippen LogP contribution in [0.2, 0.25) is 0 Å². The molecule has 0 radical (unpaired) electrons. The Balaban J connectivity index is 2.76. The van der Waals surface area contributed by atoms with Crippen LogP contribution >= 0.6 is 0 Å². The second-order valence-corrected chi connectivity index (χ2v) is 3.28. The lowest BCUT2D eigenvalue weighted by Gasteiger charge is -2.24. The molecule has 0 spiro atoms. The third kappa shape index (κ3) is 4.22. The Morgan fingerprint density at radius 3 is 2.31 bits per heavy atom. The summed E-state index contributed by atoms with van der Waals surface area (Å²) < 4.78 is 36.9. The quantitative estimate of drug-likeness (QED) is 0.792. The molecule has 0 aliphatic heterocycles. The van der Waals surface area contributed by atoms with E-state index in [2.05, 4.69) is 0 Å². The molecule has 0 fully saturated rings. The van der Waals surface area contributed by atoms with E-state index in [4.69, 9.17) is 5.26 Å². The lowest BCUT2D eigenvalue weighted by molar-refractivity contribution is -0.119. The van der Waals surface area contributed by atoms with E-state index in [0.717, 1.165) is 4.90 Å². The number of hydrogen-bond donors (Lipinski definition) is 0. The van der Waals surface area contributed by atoms with Gasteiger partial charge in [0.25, 0.3) is 0 Å². The summed E-state index contributed by atoms with van der Waals surface area (Å²) in [7, 11) is 0. The van der Waals surface area contributed by atoms with Crippen molar-refractivity contribution in [2.24, 2.45) is 0 Å². The smallest absolute Gasteiger partial charge is 0.362 e. The first-order valence-electron chi connectivity index (χ1n) is 4.76. The lowest BCUT2D eigenvalue weighted by Crippen LogP contribution is -2.34. The molecule has 1 aromatic rings. The van der Waals surface area contributed by atoms with Gasteiger partial charge in [0, 0.05) is 12.2 Å². The van der Waals surface area contributed by atoms with Crippen molar-refractivity contribution < 1.29 is 13.2 Å². The molecule has 0 saturated carbocycles. The van der Waals surface area contributed by atoms with Crippen LogP contribution in [0.3, 0.4) is 0 Å². The Bertz CT molecular complexity index is 354. The van der Waals surface area contributed by atoms with E-state index in [9.17, 15) is 13.2 Å². The number of benzene rings is 1. The van der Waals surface area contributed by atoms with Gasteiger partial charge in [-0.05, 0) is 12.1 Å². The molecule has 0 aliphatic rings. The molecule has 2 nitrogen and oxygen atoms in total. The predicted molar refractivity (Wildman–Crippen MR) is 54.9 cm³/mol. The number of anilines is 1. The Morgan fingerprint density at radius 2 is 1.81 bits per heavy atom. The Hall–Kier alpha value is -1.70. The molecule has 0 aromatic heterocycles. The maximum atomic E-state index is 12.3. The van der Waals surface area contributed by atoms with Gasteiger partial charge in [-0.1, -0.05) is 18.2 Å². The van der Waals surface area contributed by atoms with Crippen molar-refractivity contribution in [2.45, 2.75) is 12.6 Å². The number of alkyl halides is 3. The Kier molecular flexibility index (Phi) is 4.18. The molecular formula is C11H11F3N2. The van der Waals surface area contributed by atoms with Crippen LogP contribution < -0.4 is 4.90 Å². The Morgan fingerprint density at radius 1 is 1.19 bits per heavy atom. The van der Waals surface area contributed by atoms with Crippen LogP contribution in [-0.2, 0) is 0 Å². The zero-order valence-corrected chi connectivity index (χ0v) is 8.54. The molecule has 0 aliphatic carbocycles. The normalized spacial score (nSPS) is 10.9. The maximum absolute atomic E-state index is 12.3. The number of halogens is 3. The van der Waals surface area contributed by atoms with Crippen molar-refractivity contribution >= 4 is 5.69 Å². The fraction of sp³-hybridized carbons (Fsp3) is 0.364. The molecule has 0 atom stereocenters. The summed E-state index contributed by atoms with van der Waals surface area (Å²) in [6.45, 7) is -0.946. The van der Waals surface area contributed by atoms with E-state index in [1.165, 1.54) is 0 Å². The summed E-state index contributed by atoms with van der Waals surface area (Å²) in [5, 5.41) is 8.40. The molecule has 0 unspecified atom stereocenters.